The number of imide groups is 1. The Bertz CT molecular complexity index is 592. The first-order chi connectivity index (χ1) is 10.5. The molecule has 1 fully saturated rings. The number of amides is 2. The Balaban J connectivity index is 1.84. The average molecular weight is 342 g/mol. The molecule has 1 unspecified atom stereocenters. The number of halogens is 2. The second-order valence-corrected chi connectivity index (χ2v) is 6.83. The molecule has 1 aromatic rings. The Morgan fingerprint density at radius 3 is 2.27 bits per heavy atom. The standard InChI is InChI=1S/C16H18Cl2N2O2/c1-2-10-5-3-4-6-19(10)9-20-15(21)11-7-13(17)14(18)8-12(11)16(20)22/h7-8,10H,2-6,9H2,1H3/p+1/t10-/m1/s1. The van der Waals surface area contributed by atoms with Crippen molar-refractivity contribution < 1.29 is 14.5 Å². The Morgan fingerprint density at radius 2 is 1.73 bits per heavy atom. The average Bonchev–Trinajstić information content (AvgIpc) is 2.73. The maximum atomic E-state index is 12.5. The first kappa shape index (κ1) is 15.8. The van der Waals surface area contributed by atoms with E-state index in [4.69, 9.17) is 23.2 Å². The van der Waals surface area contributed by atoms with E-state index in [1.807, 2.05) is 0 Å². The summed E-state index contributed by atoms with van der Waals surface area (Å²) in [5.41, 5.74) is 0.729. The predicted molar refractivity (Wildman–Crippen MR) is 85.6 cm³/mol. The maximum Gasteiger partial charge on any atom is 0.266 e. The van der Waals surface area contributed by atoms with E-state index in [9.17, 15) is 9.59 Å². The molecule has 0 bridgehead atoms. The topological polar surface area (TPSA) is 41.8 Å². The van der Waals surface area contributed by atoms with Crippen LogP contribution in [-0.4, -0.2) is 36.0 Å². The van der Waals surface area contributed by atoms with E-state index in [-0.39, 0.29) is 11.8 Å². The molecule has 4 nitrogen and oxygen atoms in total. The summed E-state index contributed by atoms with van der Waals surface area (Å²) in [5, 5.41) is 0.611. The number of carbonyl (C=O) groups excluding carboxylic acids is 2. The number of likely N-dealkylation sites (tertiary alicyclic amines) is 1. The first-order valence-electron chi connectivity index (χ1n) is 7.72. The number of rotatable bonds is 3. The number of hydrogen-bond donors (Lipinski definition) is 1. The highest BCUT2D eigenvalue weighted by Crippen LogP contribution is 2.31. The van der Waals surface area contributed by atoms with Gasteiger partial charge in [-0.1, -0.05) is 30.1 Å². The normalized spacial score (nSPS) is 24.8. The van der Waals surface area contributed by atoms with Gasteiger partial charge in [-0.3, -0.25) is 9.59 Å². The van der Waals surface area contributed by atoms with E-state index in [0.29, 0.717) is 33.9 Å². The fourth-order valence-electron chi connectivity index (χ4n) is 3.48. The zero-order valence-corrected chi connectivity index (χ0v) is 14.0. The Hall–Kier alpha value is -1.10. The van der Waals surface area contributed by atoms with Crippen LogP contribution in [0.3, 0.4) is 0 Å². The van der Waals surface area contributed by atoms with E-state index in [1.165, 1.54) is 28.4 Å². The molecule has 2 aliphatic heterocycles. The van der Waals surface area contributed by atoms with E-state index in [1.54, 1.807) is 0 Å². The molecular formula is C16H19Cl2N2O2+. The molecule has 0 spiro atoms. The van der Waals surface area contributed by atoms with Crippen LogP contribution in [0.15, 0.2) is 12.1 Å². The van der Waals surface area contributed by atoms with Gasteiger partial charge < -0.3 is 4.90 Å². The van der Waals surface area contributed by atoms with Crippen molar-refractivity contribution in [1.29, 1.82) is 0 Å². The van der Waals surface area contributed by atoms with Crippen molar-refractivity contribution in [3.8, 4) is 0 Å². The molecule has 1 N–H and O–H groups in total. The van der Waals surface area contributed by atoms with Crippen LogP contribution in [-0.2, 0) is 0 Å². The molecule has 118 valence electrons. The SMILES string of the molecule is CC[C@@H]1CCCC[NH+]1CN1C(=O)c2cc(Cl)c(Cl)cc2C1=O. The minimum atomic E-state index is -0.258. The van der Waals surface area contributed by atoms with Gasteiger partial charge in [-0.15, -0.1) is 0 Å². The molecule has 3 rings (SSSR count). The number of fused-ring (bicyclic) bond motifs is 1. The van der Waals surface area contributed by atoms with Crippen molar-refractivity contribution in [2.45, 2.75) is 38.6 Å². The van der Waals surface area contributed by atoms with Crippen molar-refractivity contribution >= 4 is 35.0 Å². The third kappa shape index (κ3) is 2.64. The van der Waals surface area contributed by atoms with Gasteiger partial charge in [0.1, 0.15) is 0 Å². The number of piperidine rings is 1. The zero-order chi connectivity index (χ0) is 15.9. The molecule has 0 saturated carbocycles. The second-order valence-electron chi connectivity index (χ2n) is 6.02. The lowest BCUT2D eigenvalue weighted by molar-refractivity contribution is -0.937. The van der Waals surface area contributed by atoms with Crippen LogP contribution in [0.5, 0.6) is 0 Å². The van der Waals surface area contributed by atoms with Gasteiger partial charge in [0.25, 0.3) is 11.8 Å². The smallest absolute Gasteiger partial charge is 0.266 e. The number of carbonyl (C=O) groups is 2. The van der Waals surface area contributed by atoms with Gasteiger partial charge in [0.15, 0.2) is 6.67 Å². The van der Waals surface area contributed by atoms with Gasteiger partial charge >= 0.3 is 0 Å². The summed E-state index contributed by atoms with van der Waals surface area (Å²) in [4.78, 5) is 27.7. The van der Waals surface area contributed by atoms with Crippen LogP contribution in [0, 0.1) is 0 Å². The number of benzene rings is 1. The minimum Gasteiger partial charge on any atom is -0.315 e. The summed E-state index contributed by atoms with van der Waals surface area (Å²) >= 11 is 11.9. The highest BCUT2D eigenvalue weighted by atomic mass is 35.5. The van der Waals surface area contributed by atoms with Crippen molar-refractivity contribution in [3.05, 3.63) is 33.3 Å². The van der Waals surface area contributed by atoms with Crippen molar-refractivity contribution in [2.75, 3.05) is 13.2 Å². The summed E-state index contributed by atoms with van der Waals surface area (Å²) in [6.45, 7) is 3.60. The number of nitrogens with one attached hydrogen (secondary N) is 1. The molecule has 2 atom stereocenters. The first-order valence-corrected chi connectivity index (χ1v) is 8.48. The molecule has 6 heteroatoms. The van der Waals surface area contributed by atoms with Gasteiger partial charge in [0.05, 0.1) is 33.8 Å². The molecular weight excluding hydrogens is 323 g/mol. The zero-order valence-electron chi connectivity index (χ0n) is 12.5. The van der Waals surface area contributed by atoms with Crippen LogP contribution in [0.2, 0.25) is 10.0 Å². The van der Waals surface area contributed by atoms with E-state index >= 15 is 0 Å². The summed E-state index contributed by atoms with van der Waals surface area (Å²) in [7, 11) is 0. The number of hydrogen-bond acceptors (Lipinski definition) is 2. The predicted octanol–water partition coefficient (Wildman–Crippen LogP) is 2.39. The number of nitrogens with zero attached hydrogens (tertiary/aromatic N) is 1. The van der Waals surface area contributed by atoms with E-state index in [2.05, 4.69) is 6.92 Å². The Kier molecular flexibility index (Phi) is 4.44. The molecule has 2 amide bonds. The van der Waals surface area contributed by atoms with Crippen molar-refractivity contribution in [2.24, 2.45) is 0 Å². The molecule has 1 saturated heterocycles. The van der Waals surface area contributed by atoms with Crippen LogP contribution in [0.1, 0.15) is 53.3 Å². The maximum absolute atomic E-state index is 12.5. The fraction of sp³-hybridized carbons (Fsp3) is 0.500. The van der Waals surface area contributed by atoms with E-state index in [0.717, 1.165) is 25.8 Å². The lowest BCUT2D eigenvalue weighted by Crippen LogP contribution is -3.18. The van der Waals surface area contributed by atoms with Crippen LogP contribution >= 0.6 is 23.2 Å². The summed E-state index contributed by atoms with van der Waals surface area (Å²) < 4.78 is 0. The third-order valence-corrected chi connectivity index (χ3v) is 5.47. The molecule has 22 heavy (non-hydrogen) atoms. The van der Waals surface area contributed by atoms with Crippen LogP contribution < -0.4 is 4.90 Å². The quantitative estimate of drug-likeness (QED) is 0.857. The van der Waals surface area contributed by atoms with Gasteiger partial charge in [-0.05, 0) is 37.8 Å². The summed E-state index contributed by atoms with van der Waals surface area (Å²) in [6.07, 6.45) is 4.60. The second kappa shape index (κ2) is 6.19. The highest BCUT2D eigenvalue weighted by Gasteiger charge is 2.40. The highest BCUT2D eigenvalue weighted by molar-refractivity contribution is 6.43. The molecule has 0 aromatic heterocycles. The van der Waals surface area contributed by atoms with Crippen LogP contribution in [0.4, 0.5) is 0 Å². The Labute approximate surface area is 140 Å². The summed E-state index contributed by atoms with van der Waals surface area (Å²) in [5.74, 6) is -0.516. The minimum absolute atomic E-state index is 0.258. The van der Waals surface area contributed by atoms with E-state index < -0.39 is 0 Å². The number of quaternary nitrogens is 1. The lowest BCUT2D eigenvalue weighted by atomic mass is 10.0. The van der Waals surface area contributed by atoms with Gasteiger partial charge in [0.2, 0.25) is 0 Å². The molecule has 1 aromatic carbocycles. The lowest BCUT2D eigenvalue weighted by Gasteiger charge is -2.33. The summed E-state index contributed by atoms with van der Waals surface area (Å²) in [6, 6.07) is 3.52. The van der Waals surface area contributed by atoms with Crippen molar-refractivity contribution in [3.63, 3.8) is 0 Å². The molecule has 2 heterocycles. The van der Waals surface area contributed by atoms with Gasteiger partial charge in [-0.25, -0.2) is 4.90 Å². The van der Waals surface area contributed by atoms with Gasteiger partial charge in [-0.2, -0.15) is 0 Å². The fourth-order valence-corrected chi connectivity index (χ4v) is 3.81. The Morgan fingerprint density at radius 1 is 1.14 bits per heavy atom. The molecule has 0 aliphatic carbocycles. The molecule has 0 radical (unpaired) electrons. The largest absolute Gasteiger partial charge is 0.315 e. The van der Waals surface area contributed by atoms with Crippen molar-refractivity contribution in [1.82, 2.24) is 4.90 Å². The van der Waals surface area contributed by atoms with Crippen LogP contribution in [0.25, 0.3) is 0 Å². The van der Waals surface area contributed by atoms with Gasteiger partial charge in [0, 0.05) is 0 Å². The third-order valence-electron chi connectivity index (χ3n) is 4.74. The monoisotopic (exact) mass is 341 g/mol. The molecule has 2 aliphatic rings.